The normalized spacial score (nSPS) is 11.4. The molecule has 0 rings (SSSR count). The molecule has 0 bridgehead atoms. The zero-order valence-corrected chi connectivity index (χ0v) is 16.2. The Labute approximate surface area is 138 Å². The first-order chi connectivity index (χ1) is 8.56. The predicted octanol–water partition coefficient (Wildman–Crippen LogP) is 7.36. The lowest BCUT2D eigenvalue weighted by Crippen LogP contribution is -2.07. The summed E-state index contributed by atoms with van der Waals surface area (Å²) in [5, 5.41) is 0. The van der Waals surface area contributed by atoms with E-state index >= 15 is 0 Å². The Bertz CT molecular complexity index is 163. The average molecular weight is 353 g/mol. The van der Waals surface area contributed by atoms with Crippen molar-refractivity contribution in [3.63, 3.8) is 0 Å². The summed E-state index contributed by atoms with van der Waals surface area (Å²) >= 11 is 3.71. The predicted molar refractivity (Wildman–Crippen MR) is 99.1 cm³/mol. The Morgan fingerprint density at radius 3 is 1.26 bits per heavy atom. The third kappa shape index (κ3) is 21.3. The summed E-state index contributed by atoms with van der Waals surface area (Å²) in [6.45, 7) is 6.83. The van der Waals surface area contributed by atoms with E-state index in [1.807, 2.05) is 0 Å². The third-order valence-electron chi connectivity index (χ3n) is 3.62. The quantitative estimate of drug-likeness (QED) is 0.240. The smallest absolute Gasteiger partial charge is 0.0201 e. The van der Waals surface area contributed by atoms with Crippen molar-refractivity contribution in [2.45, 2.75) is 109 Å². The highest BCUT2D eigenvalue weighted by Gasteiger charge is 2.10. The molecule has 0 N–H and O–H groups in total. The fourth-order valence-corrected chi connectivity index (χ4v) is 2.67. The largest absolute Gasteiger partial charge is 0.197 e. The number of halogens is 1. The van der Waals surface area contributed by atoms with Gasteiger partial charge in [0.15, 0.2) is 0 Å². The molecule has 0 saturated carbocycles. The lowest BCUT2D eigenvalue weighted by molar-refractivity contribution is 0.524. The van der Waals surface area contributed by atoms with E-state index in [0.717, 1.165) is 0 Å². The molecule has 0 aromatic carbocycles. The summed E-state index contributed by atoms with van der Waals surface area (Å²) in [5.41, 5.74) is 0. The zero-order chi connectivity index (χ0) is 13.7. The fourth-order valence-electron chi connectivity index (χ4n) is 2.39. The van der Waals surface area contributed by atoms with Gasteiger partial charge < -0.3 is 0 Å². The number of alkyl halides is 1. The van der Waals surface area contributed by atoms with E-state index in [1.54, 1.807) is 0 Å². The summed E-state index contributed by atoms with van der Waals surface area (Å²) in [4.78, 5) is 0. The van der Waals surface area contributed by atoms with Crippen molar-refractivity contribution in [1.82, 2.24) is 0 Å². The molecule has 0 amide bonds. The lowest BCUT2D eigenvalue weighted by Gasteiger charge is -2.15. The molecule has 0 atom stereocenters. The van der Waals surface area contributed by atoms with Gasteiger partial charge in [0.1, 0.15) is 0 Å². The molecule has 2 heteroatoms. The molecule has 0 aliphatic heterocycles. The van der Waals surface area contributed by atoms with Gasteiger partial charge in [-0.05, 0) is 6.42 Å². The monoisotopic (exact) mass is 352 g/mol. The van der Waals surface area contributed by atoms with E-state index in [4.69, 9.17) is 0 Å². The van der Waals surface area contributed by atoms with E-state index in [2.05, 4.69) is 36.7 Å². The molecule has 118 valence electrons. The molecule has 0 radical (unpaired) electrons. The van der Waals surface area contributed by atoms with Gasteiger partial charge in [0.25, 0.3) is 0 Å². The minimum Gasteiger partial charge on any atom is -0.197 e. The highest BCUT2D eigenvalue weighted by molar-refractivity contribution is 9.10. The van der Waals surface area contributed by atoms with E-state index in [-0.39, 0.29) is 13.5 Å². The highest BCUT2D eigenvalue weighted by Crippen LogP contribution is 2.23. The number of unbranched alkanes of at least 4 members (excludes halogenated alkanes) is 11. The van der Waals surface area contributed by atoms with Crippen molar-refractivity contribution in [3.05, 3.63) is 0 Å². The molecule has 19 heavy (non-hydrogen) atoms. The number of rotatable bonds is 13. The Morgan fingerprint density at radius 1 is 0.632 bits per heavy atom. The summed E-state index contributed by atoms with van der Waals surface area (Å²) in [5.74, 6) is 0. The van der Waals surface area contributed by atoms with Crippen LogP contribution < -0.4 is 0 Å². The Morgan fingerprint density at radius 2 is 0.947 bits per heavy atom. The summed E-state index contributed by atoms with van der Waals surface area (Å²) in [6.07, 6.45) is 18.6. The second kappa shape index (κ2) is 15.2. The minimum absolute atomic E-state index is 0. The van der Waals surface area contributed by atoms with E-state index < -0.39 is 0 Å². The average Bonchev–Trinajstić information content (AvgIpc) is 2.29. The van der Waals surface area contributed by atoms with Crippen LogP contribution in [0.15, 0.2) is 0 Å². The van der Waals surface area contributed by atoms with Crippen LogP contribution in [0.1, 0.15) is 104 Å². The molecule has 0 aromatic rings. The Balaban J connectivity index is 0. The van der Waals surface area contributed by atoms with Gasteiger partial charge in [-0.25, -0.2) is 0 Å². The van der Waals surface area contributed by atoms with Crippen LogP contribution in [0, 0.1) is 0 Å². The summed E-state index contributed by atoms with van der Waals surface area (Å²) < 4.78 is 0.353. The van der Waals surface area contributed by atoms with Gasteiger partial charge in [0, 0.05) is 4.32 Å². The first-order valence-corrected chi connectivity index (χ1v) is 9.04. The molecular formula is C17H37BrS. The first kappa shape index (κ1) is 22.1. The molecule has 0 spiro atoms. The van der Waals surface area contributed by atoms with Crippen molar-refractivity contribution in [2.75, 3.05) is 0 Å². The maximum Gasteiger partial charge on any atom is 0.0201 e. The van der Waals surface area contributed by atoms with Crippen LogP contribution in [0.2, 0.25) is 0 Å². The van der Waals surface area contributed by atoms with Crippen LogP contribution in [0.5, 0.6) is 0 Å². The van der Waals surface area contributed by atoms with Crippen molar-refractivity contribution >= 4 is 29.4 Å². The molecule has 0 saturated heterocycles. The van der Waals surface area contributed by atoms with Gasteiger partial charge in [0.2, 0.25) is 0 Å². The van der Waals surface area contributed by atoms with Crippen molar-refractivity contribution in [1.29, 1.82) is 0 Å². The SMILES string of the molecule is CCCCCCCCCCCCCCC(C)(C)Br.S. The molecule has 0 nitrogen and oxygen atoms in total. The maximum atomic E-state index is 3.71. The Hall–Kier alpha value is 0.830. The molecule has 0 heterocycles. The van der Waals surface area contributed by atoms with Gasteiger partial charge in [-0.15, -0.1) is 0 Å². The summed E-state index contributed by atoms with van der Waals surface area (Å²) in [7, 11) is 0. The van der Waals surface area contributed by atoms with Crippen molar-refractivity contribution < 1.29 is 0 Å². The highest BCUT2D eigenvalue weighted by atomic mass is 79.9. The van der Waals surface area contributed by atoms with Crippen LogP contribution in [-0.2, 0) is 0 Å². The van der Waals surface area contributed by atoms with Crippen LogP contribution in [0.3, 0.4) is 0 Å². The van der Waals surface area contributed by atoms with Crippen LogP contribution in [0.25, 0.3) is 0 Å². The van der Waals surface area contributed by atoms with Crippen molar-refractivity contribution in [3.8, 4) is 0 Å². The fraction of sp³-hybridized carbons (Fsp3) is 1.00. The lowest BCUT2D eigenvalue weighted by atomic mass is 10.0. The molecule has 0 aromatic heterocycles. The van der Waals surface area contributed by atoms with E-state index in [0.29, 0.717) is 4.32 Å². The van der Waals surface area contributed by atoms with Gasteiger partial charge in [-0.1, -0.05) is 114 Å². The van der Waals surface area contributed by atoms with Gasteiger partial charge in [0.05, 0.1) is 0 Å². The van der Waals surface area contributed by atoms with Crippen LogP contribution in [0.4, 0.5) is 0 Å². The van der Waals surface area contributed by atoms with E-state index in [9.17, 15) is 0 Å². The summed E-state index contributed by atoms with van der Waals surface area (Å²) in [6, 6.07) is 0. The van der Waals surface area contributed by atoms with Crippen LogP contribution >= 0.6 is 29.4 Å². The second-order valence-electron chi connectivity index (χ2n) is 6.36. The zero-order valence-electron chi connectivity index (χ0n) is 13.6. The Kier molecular flexibility index (Phi) is 17.7. The molecule has 0 aliphatic rings. The molecular weight excluding hydrogens is 316 g/mol. The standard InChI is InChI=1S/C17H35Br.H2S/c1-4-5-6-7-8-9-10-11-12-13-14-15-16-17(2,3)18;/h4-16H2,1-3H3;1H2. The second-order valence-corrected chi connectivity index (χ2v) is 8.50. The molecule has 0 fully saturated rings. The minimum atomic E-state index is 0. The molecule has 0 aliphatic carbocycles. The first-order valence-electron chi connectivity index (χ1n) is 8.25. The van der Waals surface area contributed by atoms with Crippen LogP contribution in [-0.4, -0.2) is 4.32 Å². The van der Waals surface area contributed by atoms with Crippen molar-refractivity contribution in [2.24, 2.45) is 0 Å². The maximum absolute atomic E-state index is 3.71. The van der Waals surface area contributed by atoms with Gasteiger partial charge >= 0.3 is 0 Å². The number of hydrogen-bond acceptors (Lipinski definition) is 0. The number of hydrogen-bond donors (Lipinski definition) is 0. The topological polar surface area (TPSA) is 0 Å². The third-order valence-corrected chi connectivity index (χ3v) is 4.02. The van der Waals surface area contributed by atoms with Gasteiger partial charge in [-0.2, -0.15) is 13.5 Å². The molecule has 0 unspecified atom stereocenters. The van der Waals surface area contributed by atoms with E-state index in [1.165, 1.54) is 83.5 Å². The van der Waals surface area contributed by atoms with Gasteiger partial charge in [-0.3, -0.25) is 0 Å².